The van der Waals surface area contributed by atoms with Crippen LogP contribution in [0.1, 0.15) is 51.3 Å². The van der Waals surface area contributed by atoms with Gasteiger partial charge in [0.05, 0.1) is 34.6 Å². The molecule has 1 unspecified atom stereocenters. The number of ether oxygens (including phenoxy) is 2. The van der Waals surface area contributed by atoms with Crippen LogP contribution >= 0.6 is 23.1 Å². The van der Waals surface area contributed by atoms with E-state index in [1.165, 1.54) is 11.3 Å². The number of hydrogen-bond donors (Lipinski definition) is 0. The van der Waals surface area contributed by atoms with Crippen molar-refractivity contribution in [3.8, 4) is 5.75 Å². The van der Waals surface area contributed by atoms with E-state index in [-0.39, 0.29) is 11.7 Å². The lowest BCUT2D eigenvalue weighted by Gasteiger charge is -2.25. The number of allylic oxidation sites excluding steroid dienone is 1. The lowest BCUT2D eigenvalue weighted by atomic mass is 9.96. The number of benzene rings is 2. The standard InChI is InChI=1S/C28H30N2O4S2/c1-6-15-33-21-11-7-19(8-12-21)16-23-26(31)30-25(20-9-13-22(35-5)14-10-20)24(27(32)34-17(2)3)18(4)29-28(30)36-23/h7-14,16-17,25H,6,15H2,1-5H3. The number of aromatic nitrogens is 1. The molecule has 188 valence electrons. The Morgan fingerprint density at radius 1 is 1.17 bits per heavy atom. The van der Waals surface area contributed by atoms with E-state index in [9.17, 15) is 9.59 Å². The largest absolute Gasteiger partial charge is 0.494 e. The lowest BCUT2D eigenvalue weighted by molar-refractivity contribution is -0.143. The topological polar surface area (TPSA) is 69.9 Å². The molecule has 1 aromatic heterocycles. The van der Waals surface area contributed by atoms with E-state index in [4.69, 9.17) is 9.47 Å². The monoisotopic (exact) mass is 522 g/mol. The zero-order valence-corrected chi connectivity index (χ0v) is 22.7. The number of rotatable bonds is 8. The molecule has 0 bridgehead atoms. The molecule has 36 heavy (non-hydrogen) atoms. The molecule has 3 aromatic rings. The van der Waals surface area contributed by atoms with Gasteiger partial charge >= 0.3 is 5.97 Å². The Balaban J connectivity index is 1.83. The van der Waals surface area contributed by atoms with Crippen LogP contribution in [0.5, 0.6) is 5.75 Å². The minimum Gasteiger partial charge on any atom is -0.494 e. The van der Waals surface area contributed by atoms with Crippen LogP contribution in [0.2, 0.25) is 0 Å². The molecule has 8 heteroatoms. The number of carbonyl (C=O) groups excluding carboxylic acids is 1. The molecule has 0 radical (unpaired) electrons. The van der Waals surface area contributed by atoms with Crippen molar-refractivity contribution in [2.75, 3.05) is 12.9 Å². The van der Waals surface area contributed by atoms with Crippen LogP contribution in [0.4, 0.5) is 0 Å². The molecule has 2 aromatic carbocycles. The fourth-order valence-corrected chi connectivity index (χ4v) is 5.45. The highest BCUT2D eigenvalue weighted by Gasteiger charge is 2.33. The summed E-state index contributed by atoms with van der Waals surface area (Å²) in [7, 11) is 0. The molecule has 4 rings (SSSR count). The highest BCUT2D eigenvalue weighted by molar-refractivity contribution is 7.98. The van der Waals surface area contributed by atoms with Crippen LogP contribution in [-0.4, -0.2) is 29.5 Å². The Kier molecular flexibility index (Phi) is 8.16. The average Bonchev–Trinajstić information content (AvgIpc) is 3.16. The van der Waals surface area contributed by atoms with Gasteiger partial charge in [-0.05, 0) is 74.9 Å². The smallest absolute Gasteiger partial charge is 0.338 e. The molecule has 1 atom stereocenters. The number of thiazole rings is 1. The van der Waals surface area contributed by atoms with Crippen LogP contribution in [0.25, 0.3) is 6.08 Å². The first-order valence-corrected chi connectivity index (χ1v) is 14.0. The first-order chi connectivity index (χ1) is 17.3. The molecule has 0 spiro atoms. The SMILES string of the molecule is CCCOc1ccc(C=c2sc3n(c2=O)C(c2ccc(SC)cc2)C(C(=O)OC(C)C)=C(C)N=3)cc1. The van der Waals surface area contributed by atoms with Crippen LogP contribution in [0.15, 0.2) is 74.5 Å². The third-order valence-corrected chi connectivity index (χ3v) is 7.39. The van der Waals surface area contributed by atoms with Crippen molar-refractivity contribution in [1.82, 2.24) is 4.57 Å². The maximum absolute atomic E-state index is 13.7. The van der Waals surface area contributed by atoms with Crippen molar-refractivity contribution in [1.29, 1.82) is 0 Å². The van der Waals surface area contributed by atoms with Gasteiger partial charge in [0.2, 0.25) is 0 Å². The number of hydrogen-bond acceptors (Lipinski definition) is 7. The van der Waals surface area contributed by atoms with E-state index < -0.39 is 12.0 Å². The second kappa shape index (κ2) is 11.3. The third kappa shape index (κ3) is 5.50. The van der Waals surface area contributed by atoms with Crippen molar-refractivity contribution < 1.29 is 14.3 Å². The molecule has 6 nitrogen and oxygen atoms in total. The second-order valence-electron chi connectivity index (χ2n) is 8.73. The fraction of sp³-hybridized carbons (Fsp3) is 0.321. The van der Waals surface area contributed by atoms with E-state index in [1.54, 1.807) is 23.3 Å². The van der Waals surface area contributed by atoms with E-state index in [2.05, 4.69) is 11.9 Å². The van der Waals surface area contributed by atoms with Gasteiger partial charge in [-0.2, -0.15) is 0 Å². The molecule has 0 saturated heterocycles. The molecule has 0 fully saturated rings. The van der Waals surface area contributed by atoms with Gasteiger partial charge < -0.3 is 9.47 Å². The number of carbonyl (C=O) groups is 1. The van der Waals surface area contributed by atoms with Crippen molar-refractivity contribution in [3.05, 3.63) is 90.6 Å². The molecule has 0 saturated carbocycles. The molecule has 2 heterocycles. The van der Waals surface area contributed by atoms with E-state index in [0.29, 0.717) is 27.2 Å². The summed E-state index contributed by atoms with van der Waals surface area (Å²) in [5.41, 5.74) is 2.48. The normalized spacial score (nSPS) is 15.6. The third-order valence-electron chi connectivity index (χ3n) is 5.67. The molecule has 0 amide bonds. The predicted molar refractivity (Wildman–Crippen MR) is 145 cm³/mol. The average molecular weight is 523 g/mol. The summed E-state index contributed by atoms with van der Waals surface area (Å²) >= 11 is 2.96. The Labute approximate surface area is 219 Å². The van der Waals surface area contributed by atoms with Gasteiger partial charge in [-0.15, -0.1) is 11.8 Å². The van der Waals surface area contributed by atoms with Gasteiger partial charge in [0.25, 0.3) is 5.56 Å². The zero-order chi connectivity index (χ0) is 25.8. The minimum absolute atomic E-state index is 0.189. The molecule has 0 N–H and O–H groups in total. The van der Waals surface area contributed by atoms with Gasteiger partial charge in [0, 0.05) is 4.90 Å². The second-order valence-corrected chi connectivity index (χ2v) is 10.6. The summed E-state index contributed by atoms with van der Waals surface area (Å²) in [4.78, 5) is 33.2. The Bertz CT molecular complexity index is 1450. The lowest BCUT2D eigenvalue weighted by Crippen LogP contribution is -2.40. The summed E-state index contributed by atoms with van der Waals surface area (Å²) in [5, 5.41) is 0. The molecule has 0 aliphatic carbocycles. The maximum Gasteiger partial charge on any atom is 0.338 e. The zero-order valence-electron chi connectivity index (χ0n) is 21.1. The van der Waals surface area contributed by atoms with Crippen LogP contribution in [0.3, 0.4) is 0 Å². The molecular formula is C28H30N2O4S2. The first kappa shape index (κ1) is 26.0. The molecular weight excluding hydrogens is 492 g/mol. The summed E-state index contributed by atoms with van der Waals surface area (Å²) < 4.78 is 13.4. The maximum atomic E-state index is 13.7. The Morgan fingerprint density at radius 2 is 1.86 bits per heavy atom. The van der Waals surface area contributed by atoms with Crippen LogP contribution < -0.4 is 19.6 Å². The number of nitrogens with zero attached hydrogens (tertiary/aromatic N) is 2. The van der Waals surface area contributed by atoms with Crippen LogP contribution in [-0.2, 0) is 9.53 Å². The van der Waals surface area contributed by atoms with Crippen molar-refractivity contribution in [3.63, 3.8) is 0 Å². The highest BCUT2D eigenvalue weighted by Crippen LogP contribution is 2.32. The quantitative estimate of drug-likeness (QED) is 0.317. The van der Waals surface area contributed by atoms with Gasteiger partial charge in [0.15, 0.2) is 4.80 Å². The van der Waals surface area contributed by atoms with Gasteiger partial charge in [0.1, 0.15) is 5.75 Å². The summed E-state index contributed by atoms with van der Waals surface area (Å²) in [6, 6.07) is 15.0. The highest BCUT2D eigenvalue weighted by atomic mass is 32.2. The number of fused-ring (bicyclic) bond motifs is 1. The van der Waals surface area contributed by atoms with E-state index >= 15 is 0 Å². The minimum atomic E-state index is -0.615. The Hall–Kier alpha value is -3.10. The molecule has 1 aliphatic heterocycles. The number of thioether (sulfide) groups is 1. The number of esters is 1. The Morgan fingerprint density at radius 3 is 2.47 bits per heavy atom. The van der Waals surface area contributed by atoms with Crippen LogP contribution in [0, 0.1) is 0 Å². The van der Waals surface area contributed by atoms with Crippen molar-refractivity contribution in [2.24, 2.45) is 4.99 Å². The predicted octanol–water partition coefficient (Wildman–Crippen LogP) is 4.70. The fourth-order valence-electron chi connectivity index (χ4n) is 3.99. The molecule has 1 aliphatic rings. The summed E-state index contributed by atoms with van der Waals surface area (Å²) in [6.07, 6.45) is 4.52. The van der Waals surface area contributed by atoms with Crippen molar-refractivity contribution >= 4 is 35.1 Å². The summed E-state index contributed by atoms with van der Waals surface area (Å²) in [5.74, 6) is 0.343. The van der Waals surface area contributed by atoms with Crippen molar-refractivity contribution in [2.45, 2.75) is 51.2 Å². The summed E-state index contributed by atoms with van der Waals surface area (Å²) in [6.45, 7) is 8.14. The van der Waals surface area contributed by atoms with Gasteiger partial charge in [-0.1, -0.05) is 42.5 Å². The first-order valence-electron chi connectivity index (χ1n) is 11.9. The van der Waals surface area contributed by atoms with E-state index in [0.717, 1.165) is 28.2 Å². The van der Waals surface area contributed by atoms with E-state index in [1.807, 2.05) is 74.7 Å². The van der Waals surface area contributed by atoms with Gasteiger partial charge in [-0.25, -0.2) is 9.79 Å². The van der Waals surface area contributed by atoms with Gasteiger partial charge in [-0.3, -0.25) is 9.36 Å².